The second kappa shape index (κ2) is 5.07. The van der Waals surface area contributed by atoms with Crippen molar-refractivity contribution in [1.29, 1.82) is 0 Å². The van der Waals surface area contributed by atoms with Gasteiger partial charge in [0.25, 0.3) is 0 Å². The number of nitrogens with zero attached hydrogens (tertiary/aromatic N) is 1. The Hall–Kier alpha value is -1.41. The van der Waals surface area contributed by atoms with Crippen molar-refractivity contribution in [1.82, 2.24) is 10.3 Å². The SMILES string of the molecule is CCc1ccc2cnccc2c1CNC1CCC1. The van der Waals surface area contributed by atoms with Crippen molar-refractivity contribution >= 4 is 10.8 Å². The number of hydrogen-bond donors (Lipinski definition) is 1. The van der Waals surface area contributed by atoms with Crippen molar-refractivity contribution < 1.29 is 0 Å². The molecule has 1 aromatic heterocycles. The van der Waals surface area contributed by atoms with Crippen LogP contribution >= 0.6 is 0 Å². The fourth-order valence-electron chi connectivity index (χ4n) is 2.68. The third kappa shape index (κ3) is 2.13. The van der Waals surface area contributed by atoms with Crippen molar-refractivity contribution in [2.24, 2.45) is 0 Å². The van der Waals surface area contributed by atoms with E-state index in [0.29, 0.717) is 0 Å². The smallest absolute Gasteiger partial charge is 0.0346 e. The van der Waals surface area contributed by atoms with Gasteiger partial charge < -0.3 is 5.32 Å². The molecule has 0 saturated heterocycles. The highest BCUT2D eigenvalue weighted by Crippen LogP contribution is 2.24. The summed E-state index contributed by atoms with van der Waals surface area (Å²) in [6.45, 7) is 3.23. The first kappa shape index (κ1) is 11.7. The molecule has 1 aliphatic carbocycles. The molecule has 0 atom stereocenters. The van der Waals surface area contributed by atoms with Crippen LogP contribution < -0.4 is 5.32 Å². The minimum Gasteiger partial charge on any atom is -0.310 e. The Morgan fingerprint density at radius 2 is 2.17 bits per heavy atom. The number of fused-ring (bicyclic) bond motifs is 1. The zero-order valence-electron chi connectivity index (χ0n) is 10.9. The van der Waals surface area contributed by atoms with E-state index in [9.17, 15) is 0 Å². The summed E-state index contributed by atoms with van der Waals surface area (Å²) >= 11 is 0. The number of aromatic nitrogens is 1. The maximum absolute atomic E-state index is 4.21. The van der Waals surface area contributed by atoms with Crippen molar-refractivity contribution in [2.45, 2.75) is 45.2 Å². The van der Waals surface area contributed by atoms with Gasteiger partial charge >= 0.3 is 0 Å². The minimum absolute atomic E-state index is 0.742. The number of nitrogens with one attached hydrogen (secondary N) is 1. The summed E-state index contributed by atoms with van der Waals surface area (Å²) in [5, 5.41) is 6.29. The van der Waals surface area contributed by atoms with Gasteiger partial charge in [0.15, 0.2) is 0 Å². The summed E-state index contributed by atoms with van der Waals surface area (Å²) in [7, 11) is 0. The van der Waals surface area contributed by atoms with E-state index in [1.807, 2.05) is 12.4 Å². The number of benzene rings is 1. The fourth-order valence-corrected chi connectivity index (χ4v) is 2.68. The van der Waals surface area contributed by atoms with E-state index in [-0.39, 0.29) is 0 Å². The van der Waals surface area contributed by atoms with Gasteiger partial charge in [-0.15, -0.1) is 0 Å². The molecule has 1 N–H and O–H groups in total. The van der Waals surface area contributed by atoms with Crippen LogP contribution in [0.1, 0.15) is 37.3 Å². The lowest BCUT2D eigenvalue weighted by atomic mass is 9.92. The predicted octanol–water partition coefficient (Wildman–Crippen LogP) is 3.44. The summed E-state index contributed by atoms with van der Waals surface area (Å²) in [6.07, 6.45) is 9.02. The van der Waals surface area contributed by atoms with Gasteiger partial charge in [0, 0.05) is 30.4 Å². The largest absolute Gasteiger partial charge is 0.310 e. The standard InChI is InChI=1S/C16H20N2/c1-2-12-6-7-13-10-17-9-8-15(13)16(12)11-18-14-4-3-5-14/h6-10,14,18H,2-5,11H2,1H3. The van der Waals surface area contributed by atoms with Gasteiger partial charge in [0.2, 0.25) is 0 Å². The molecule has 2 heteroatoms. The third-order valence-electron chi connectivity index (χ3n) is 4.08. The van der Waals surface area contributed by atoms with Gasteiger partial charge in [-0.1, -0.05) is 25.5 Å². The minimum atomic E-state index is 0.742. The summed E-state index contributed by atoms with van der Waals surface area (Å²) in [4.78, 5) is 4.21. The van der Waals surface area contributed by atoms with E-state index in [0.717, 1.165) is 19.0 Å². The second-order valence-electron chi connectivity index (χ2n) is 5.16. The molecule has 1 fully saturated rings. The van der Waals surface area contributed by atoms with Crippen LogP contribution in [0.5, 0.6) is 0 Å². The molecule has 2 nitrogen and oxygen atoms in total. The number of aryl methyl sites for hydroxylation is 1. The quantitative estimate of drug-likeness (QED) is 0.885. The van der Waals surface area contributed by atoms with E-state index < -0.39 is 0 Å². The first-order valence-electron chi connectivity index (χ1n) is 6.96. The number of pyridine rings is 1. The normalized spacial score (nSPS) is 15.8. The average Bonchev–Trinajstić information content (AvgIpc) is 2.37. The molecule has 2 aromatic rings. The lowest BCUT2D eigenvalue weighted by molar-refractivity contribution is 0.338. The third-order valence-corrected chi connectivity index (χ3v) is 4.08. The van der Waals surface area contributed by atoms with Crippen LogP contribution in [0.3, 0.4) is 0 Å². The summed E-state index contributed by atoms with van der Waals surface area (Å²) < 4.78 is 0. The molecule has 0 unspecified atom stereocenters. The Balaban J connectivity index is 1.94. The molecule has 0 aliphatic heterocycles. The molecular formula is C16H20N2. The van der Waals surface area contributed by atoms with E-state index >= 15 is 0 Å². The van der Waals surface area contributed by atoms with Gasteiger partial charge in [-0.3, -0.25) is 4.98 Å². The van der Waals surface area contributed by atoms with Gasteiger partial charge in [-0.2, -0.15) is 0 Å². The molecule has 1 saturated carbocycles. The predicted molar refractivity (Wildman–Crippen MR) is 75.6 cm³/mol. The first-order chi connectivity index (χ1) is 8.88. The monoisotopic (exact) mass is 240 g/mol. The molecule has 0 bridgehead atoms. The van der Waals surface area contributed by atoms with Crippen LogP contribution in [-0.4, -0.2) is 11.0 Å². The van der Waals surface area contributed by atoms with Crippen LogP contribution in [0.4, 0.5) is 0 Å². The molecule has 1 aromatic carbocycles. The highest BCUT2D eigenvalue weighted by Gasteiger charge is 2.17. The Bertz CT molecular complexity index is 544. The molecule has 94 valence electrons. The van der Waals surface area contributed by atoms with Crippen LogP contribution in [0.2, 0.25) is 0 Å². The fraction of sp³-hybridized carbons (Fsp3) is 0.438. The highest BCUT2D eigenvalue weighted by molar-refractivity contribution is 5.85. The van der Waals surface area contributed by atoms with Gasteiger partial charge in [-0.05, 0) is 41.8 Å². The Kier molecular flexibility index (Phi) is 3.28. The molecular weight excluding hydrogens is 220 g/mol. The second-order valence-corrected chi connectivity index (χ2v) is 5.16. The van der Waals surface area contributed by atoms with Crippen molar-refractivity contribution in [2.75, 3.05) is 0 Å². The maximum Gasteiger partial charge on any atom is 0.0346 e. The number of rotatable bonds is 4. The molecule has 0 radical (unpaired) electrons. The Morgan fingerprint density at radius 3 is 2.89 bits per heavy atom. The van der Waals surface area contributed by atoms with Gasteiger partial charge in [-0.25, -0.2) is 0 Å². The van der Waals surface area contributed by atoms with Gasteiger partial charge in [0.05, 0.1) is 0 Å². The van der Waals surface area contributed by atoms with Crippen molar-refractivity contribution in [3.05, 3.63) is 41.7 Å². The topological polar surface area (TPSA) is 24.9 Å². The zero-order valence-corrected chi connectivity index (χ0v) is 10.9. The maximum atomic E-state index is 4.21. The molecule has 18 heavy (non-hydrogen) atoms. The Labute approximate surface area is 108 Å². The Morgan fingerprint density at radius 1 is 1.28 bits per heavy atom. The summed E-state index contributed by atoms with van der Waals surface area (Å²) in [5.41, 5.74) is 2.92. The van der Waals surface area contributed by atoms with Crippen LogP contribution in [-0.2, 0) is 13.0 Å². The first-order valence-corrected chi connectivity index (χ1v) is 6.96. The van der Waals surface area contributed by atoms with Gasteiger partial charge in [0.1, 0.15) is 0 Å². The molecule has 3 rings (SSSR count). The lowest BCUT2D eigenvalue weighted by Crippen LogP contribution is -2.34. The summed E-state index contributed by atoms with van der Waals surface area (Å²) in [5.74, 6) is 0. The summed E-state index contributed by atoms with van der Waals surface area (Å²) in [6, 6.07) is 7.33. The van der Waals surface area contributed by atoms with E-state index in [4.69, 9.17) is 0 Å². The van der Waals surface area contributed by atoms with Crippen LogP contribution in [0.15, 0.2) is 30.6 Å². The lowest BCUT2D eigenvalue weighted by Gasteiger charge is -2.27. The van der Waals surface area contributed by atoms with Crippen LogP contribution in [0, 0.1) is 0 Å². The highest BCUT2D eigenvalue weighted by atomic mass is 14.9. The zero-order chi connectivity index (χ0) is 12.4. The van der Waals surface area contributed by atoms with E-state index in [1.54, 1.807) is 0 Å². The van der Waals surface area contributed by atoms with Crippen molar-refractivity contribution in [3.8, 4) is 0 Å². The molecule has 1 aliphatic rings. The van der Waals surface area contributed by atoms with E-state index in [2.05, 4.69) is 35.4 Å². The van der Waals surface area contributed by atoms with Crippen molar-refractivity contribution in [3.63, 3.8) is 0 Å². The van der Waals surface area contributed by atoms with E-state index in [1.165, 1.54) is 41.2 Å². The number of hydrogen-bond acceptors (Lipinski definition) is 2. The molecule has 1 heterocycles. The molecule has 0 amide bonds. The molecule has 0 spiro atoms. The van der Waals surface area contributed by atoms with Crippen LogP contribution in [0.25, 0.3) is 10.8 Å². The average molecular weight is 240 g/mol.